The van der Waals surface area contributed by atoms with Crippen molar-refractivity contribution in [1.82, 2.24) is 5.32 Å². The Morgan fingerprint density at radius 3 is 1.94 bits per heavy atom. The van der Waals surface area contributed by atoms with Crippen LogP contribution in [0.15, 0.2) is 6.07 Å². The fourth-order valence-corrected chi connectivity index (χ4v) is 2.97. The Labute approximate surface area is 99.3 Å². The first-order valence-corrected chi connectivity index (χ1v) is 6.39. The molecule has 1 aliphatic rings. The third kappa shape index (κ3) is 2.01. The summed E-state index contributed by atoms with van der Waals surface area (Å²) in [4.78, 5) is 0. The zero-order valence-corrected chi connectivity index (χ0v) is 11.0. The first-order valence-electron chi connectivity index (χ1n) is 6.39. The number of benzene rings is 1. The molecular weight excluding hydrogens is 194 g/mol. The normalized spacial score (nSPS) is 17.8. The van der Waals surface area contributed by atoms with Crippen LogP contribution in [0.25, 0.3) is 0 Å². The molecule has 0 aromatic heterocycles. The van der Waals surface area contributed by atoms with Crippen molar-refractivity contribution in [3.05, 3.63) is 33.9 Å². The summed E-state index contributed by atoms with van der Waals surface area (Å²) < 4.78 is 0. The van der Waals surface area contributed by atoms with E-state index in [0.717, 1.165) is 5.92 Å². The number of hydrogen-bond acceptors (Lipinski definition) is 1. The zero-order valence-electron chi connectivity index (χ0n) is 11.0. The number of nitrogens with one attached hydrogen (secondary N) is 1. The Morgan fingerprint density at radius 2 is 1.44 bits per heavy atom. The van der Waals surface area contributed by atoms with E-state index >= 15 is 0 Å². The van der Waals surface area contributed by atoms with Gasteiger partial charge >= 0.3 is 0 Å². The summed E-state index contributed by atoms with van der Waals surface area (Å²) in [5.74, 6) is 0.778. The Hall–Kier alpha value is -0.820. The van der Waals surface area contributed by atoms with Crippen molar-refractivity contribution in [2.45, 2.75) is 46.5 Å². The van der Waals surface area contributed by atoms with E-state index in [1.807, 2.05) is 0 Å². The van der Waals surface area contributed by atoms with Gasteiger partial charge in [0.15, 0.2) is 0 Å². The van der Waals surface area contributed by atoms with Crippen LogP contribution in [0.2, 0.25) is 0 Å². The Morgan fingerprint density at radius 1 is 0.938 bits per heavy atom. The van der Waals surface area contributed by atoms with E-state index in [1.54, 1.807) is 5.56 Å². The van der Waals surface area contributed by atoms with Crippen molar-refractivity contribution < 1.29 is 0 Å². The zero-order chi connectivity index (χ0) is 11.7. The molecule has 88 valence electrons. The van der Waals surface area contributed by atoms with E-state index in [2.05, 4.69) is 39.1 Å². The average Bonchev–Trinajstić information content (AvgIpc) is 2.28. The van der Waals surface area contributed by atoms with E-state index in [4.69, 9.17) is 0 Å². The van der Waals surface area contributed by atoms with Gasteiger partial charge in [0.1, 0.15) is 0 Å². The SMILES string of the molecule is Cc1cc(C)c(C)c(C2CCNCC2)c1C. The fraction of sp³-hybridized carbons (Fsp3) is 0.600. The molecule has 0 aliphatic carbocycles. The molecule has 0 amide bonds. The number of piperidine rings is 1. The van der Waals surface area contributed by atoms with E-state index < -0.39 is 0 Å². The van der Waals surface area contributed by atoms with Gasteiger partial charge in [0.05, 0.1) is 0 Å². The smallest absolute Gasteiger partial charge is 0.00431 e. The minimum Gasteiger partial charge on any atom is -0.317 e. The lowest BCUT2D eigenvalue weighted by molar-refractivity contribution is 0.457. The molecule has 0 radical (unpaired) electrons. The fourth-order valence-electron chi connectivity index (χ4n) is 2.97. The lowest BCUT2D eigenvalue weighted by Crippen LogP contribution is -2.27. The van der Waals surface area contributed by atoms with Gasteiger partial charge in [-0.3, -0.25) is 0 Å². The third-order valence-electron chi connectivity index (χ3n) is 4.17. The van der Waals surface area contributed by atoms with Crippen molar-refractivity contribution in [2.75, 3.05) is 13.1 Å². The minimum absolute atomic E-state index is 0.778. The second-order valence-electron chi connectivity index (χ2n) is 5.20. The molecule has 1 nitrogen and oxygen atoms in total. The van der Waals surface area contributed by atoms with Crippen molar-refractivity contribution in [3.8, 4) is 0 Å². The van der Waals surface area contributed by atoms with Gasteiger partial charge in [-0.1, -0.05) is 6.07 Å². The molecule has 0 unspecified atom stereocenters. The first-order chi connectivity index (χ1) is 7.61. The first kappa shape index (κ1) is 11.7. The van der Waals surface area contributed by atoms with Crippen LogP contribution in [0.1, 0.15) is 46.6 Å². The molecule has 0 atom stereocenters. The van der Waals surface area contributed by atoms with Crippen LogP contribution in [0.5, 0.6) is 0 Å². The molecule has 1 N–H and O–H groups in total. The van der Waals surface area contributed by atoms with Crippen molar-refractivity contribution >= 4 is 0 Å². The van der Waals surface area contributed by atoms with E-state index in [-0.39, 0.29) is 0 Å². The monoisotopic (exact) mass is 217 g/mol. The minimum atomic E-state index is 0.778. The van der Waals surface area contributed by atoms with Gasteiger partial charge in [-0.2, -0.15) is 0 Å². The van der Waals surface area contributed by atoms with Crippen LogP contribution in [0, 0.1) is 27.7 Å². The van der Waals surface area contributed by atoms with Crippen molar-refractivity contribution in [1.29, 1.82) is 0 Å². The topological polar surface area (TPSA) is 12.0 Å². The van der Waals surface area contributed by atoms with E-state index in [0.29, 0.717) is 0 Å². The molecule has 0 bridgehead atoms. The van der Waals surface area contributed by atoms with Gasteiger partial charge in [-0.05, 0) is 87.4 Å². The standard InChI is InChI=1S/C15H23N/c1-10-9-11(2)13(4)15(12(10)3)14-5-7-16-8-6-14/h9,14,16H,5-8H2,1-4H3. The van der Waals surface area contributed by atoms with Gasteiger partial charge in [0.2, 0.25) is 0 Å². The molecule has 2 rings (SSSR count). The van der Waals surface area contributed by atoms with Gasteiger partial charge < -0.3 is 5.32 Å². The Bertz CT molecular complexity index is 361. The molecule has 16 heavy (non-hydrogen) atoms. The molecule has 1 saturated heterocycles. The third-order valence-corrected chi connectivity index (χ3v) is 4.17. The Kier molecular flexibility index (Phi) is 3.34. The predicted molar refractivity (Wildman–Crippen MR) is 70.2 cm³/mol. The highest BCUT2D eigenvalue weighted by atomic mass is 14.9. The highest BCUT2D eigenvalue weighted by Crippen LogP contribution is 2.33. The maximum absolute atomic E-state index is 3.45. The maximum Gasteiger partial charge on any atom is -0.00431 e. The van der Waals surface area contributed by atoms with Gasteiger partial charge in [-0.25, -0.2) is 0 Å². The number of hydrogen-bond donors (Lipinski definition) is 1. The van der Waals surface area contributed by atoms with Crippen molar-refractivity contribution in [3.63, 3.8) is 0 Å². The molecule has 1 heteroatoms. The lowest BCUT2D eigenvalue weighted by atomic mass is 9.82. The average molecular weight is 217 g/mol. The molecule has 0 saturated carbocycles. The van der Waals surface area contributed by atoms with Crippen LogP contribution in [0.4, 0.5) is 0 Å². The quantitative estimate of drug-likeness (QED) is 0.760. The van der Waals surface area contributed by atoms with Crippen molar-refractivity contribution in [2.24, 2.45) is 0 Å². The maximum atomic E-state index is 3.45. The molecular formula is C15H23N. The summed E-state index contributed by atoms with van der Waals surface area (Å²) in [5.41, 5.74) is 7.59. The summed E-state index contributed by atoms with van der Waals surface area (Å²) in [6, 6.07) is 2.33. The summed E-state index contributed by atoms with van der Waals surface area (Å²) >= 11 is 0. The van der Waals surface area contributed by atoms with E-state index in [1.165, 1.54) is 48.2 Å². The predicted octanol–water partition coefficient (Wildman–Crippen LogP) is 3.39. The molecule has 1 aliphatic heterocycles. The molecule has 1 aromatic rings. The summed E-state index contributed by atoms with van der Waals surface area (Å²) in [6.45, 7) is 11.4. The second-order valence-corrected chi connectivity index (χ2v) is 5.20. The second kappa shape index (κ2) is 4.58. The van der Waals surface area contributed by atoms with Gasteiger partial charge in [-0.15, -0.1) is 0 Å². The van der Waals surface area contributed by atoms with Crippen LogP contribution >= 0.6 is 0 Å². The Balaban J connectivity index is 2.45. The molecule has 1 heterocycles. The van der Waals surface area contributed by atoms with Crippen LogP contribution in [0.3, 0.4) is 0 Å². The summed E-state index contributed by atoms with van der Waals surface area (Å²) in [5, 5.41) is 3.45. The highest BCUT2D eigenvalue weighted by molar-refractivity contribution is 5.46. The molecule has 1 fully saturated rings. The van der Waals surface area contributed by atoms with Crippen LogP contribution < -0.4 is 5.32 Å². The van der Waals surface area contributed by atoms with Gasteiger partial charge in [0.25, 0.3) is 0 Å². The largest absolute Gasteiger partial charge is 0.317 e. The van der Waals surface area contributed by atoms with Crippen LogP contribution in [-0.2, 0) is 0 Å². The number of aryl methyl sites for hydroxylation is 2. The van der Waals surface area contributed by atoms with Gasteiger partial charge in [0, 0.05) is 0 Å². The van der Waals surface area contributed by atoms with E-state index in [9.17, 15) is 0 Å². The summed E-state index contributed by atoms with van der Waals surface area (Å²) in [6.07, 6.45) is 2.59. The molecule has 1 aromatic carbocycles. The van der Waals surface area contributed by atoms with Crippen LogP contribution in [-0.4, -0.2) is 13.1 Å². The molecule has 0 spiro atoms. The number of rotatable bonds is 1. The lowest BCUT2D eigenvalue weighted by Gasteiger charge is -2.27. The highest BCUT2D eigenvalue weighted by Gasteiger charge is 2.20. The summed E-state index contributed by atoms with van der Waals surface area (Å²) in [7, 11) is 0.